The largest absolute Gasteiger partial charge is 0.495 e. The first-order valence-corrected chi connectivity index (χ1v) is 9.23. The number of halogens is 2. The van der Waals surface area contributed by atoms with Gasteiger partial charge in [0.15, 0.2) is 4.80 Å². The summed E-state index contributed by atoms with van der Waals surface area (Å²) in [5, 5.41) is 2.47. The van der Waals surface area contributed by atoms with E-state index in [4.69, 9.17) is 26.1 Å². The zero-order valence-electron chi connectivity index (χ0n) is 14.6. The number of methoxy groups -OCH3 is 2. The van der Waals surface area contributed by atoms with Gasteiger partial charge in [-0.15, -0.1) is 11.3 Å². The van der Waals surface area contributed by atoms with Gasteiger partial charge in [-0.05, 0) is 36.8 Å². The number of benzene rings is 2. The molecule has 136 valence electrons. The second kappa shape index (κ2) is 7.93. The Labute approximate surface area is 160 Å². The van der Waals surface area contributed by atoms with Crippen LogP contribution < -0.4 is 14.3 Å². The third-order valence-corrected chi connectivity index (χ3v) is 5.08. The maximum Gasteiger partial charge on any atom is 0.190 e. The van der Waals surface area contributed by atoms with Crippen molar-refractivity contribution in [3.8, 4) is 22.8 Å². The normalized spacial score (nSPS) is 11.7. The van der Waals surface area contributed by atoms with Crippen LogP contribution in [-0.4, -0.2) is 18.8 Å². The van der Waals surface area contributed by atoms with E-state index in [1.165, 1.54) is 23.5 Å². The molecule has 0 amide bonds. The van der Waals surface area contributed by atoms with Crippen molar-refractivity contribution in [2.45, 2.75) is 13.5 Å². The van der Waals surface area contributed by atoms with E-state index < -0.39 is 0 Å². The highest BCUT2D eigenvalue weighted by molar-refractivity contribution is 7.07. The Balaban J connectivity index is 2.14. The van der Waals surface area contributed by atoms with Crippen molar-refractivity contribution in [2.75, 3.05) is 14.2 Å². The summed E-state index contributed by atoms with van der Waals surface area (Å²) < 4.78 is 25.9. The molecular weight excluding hydrogens is 375 g/mol. The lowest BCUT2D eigenvalue weighted by Gasteiger charge is -2.09. The molecule has 3 aromatic rings. The van der Waals surface area contributed by atoms with E-state index >= 15 is 0 Å². The SMILES string of the molecule is CCn1c(-c2ccc(F)cc2)csc1=Nc1cc(OC)c(Cl)cc1OC. The van der Waals surface area contributed by atoms with Crippen molar-refractivity contribution in [1.29, 1.82) is 0 Å². The molecule has 4 nitrogen and oxygen atoms in total. The molecule has 0 aliphatic rings. The number of hydrogen-bond donors (Lipinski definition) is 0. The van der Waals surface area contributed by atoms with Gasteiger partial charge in [-0.3, -0.25) is 0 Å². The molecule has 7 heteroatoms. The van der Waals surface area contributed by atoms with Gasteiger partial charge in [0, 0.05) is 24.1 Å². The molecule has 0 spiro atoms. The minimum atomic E-state index is -0.255. The highest BCUT2D eigenvalue weighted by Crippen LogP contribution is 2.37. The van der Waals surface area contributed by atoms with Crippen LogP contribution in [0, 0.1) is 5.82 Å². The Hall–Kier alpha value is -2.31. The number of thiazole rings is 1. The highest BCUT2D eigenvalue weighted by Gasteiger charge is 2.11. The average Bonchev–Trinajstić information content (AvgIpc) is 3.05. The molecular formula is C19H18ClFN2O2S. The van der Waals surface area contributed by atoms with Crippen LogP contribution in [0.25, 0.3) is 11.3 Å². The first-order chi connectivity index (χ1) is 12.6. The lowest BCUT2D eigenvalue weighted by atomic mass is 10.2. The summed E-state index contributed by atoms with van der Waals surface area (Å²) in [6.45, 7) is 2.76. The molecule has 26 heavy (non-hydrogen) atoms. The fourth-order valence-corrected chi connectivity index (χ4v) is 3.83. The molecule has 1 aromatic heterocycles. The summed E-state index contributed by atoms with van der Waals surface area (Å²) >= 11 is 7.66. The maximum atomic E-state index is 13.2. The molecule has 0 atom stereocenters. The van der Waals surface area contributed by atoms with Crippen molar-refractivity contribution in [3.05, 3.63) is 57.4 Å². The molecule has 3 rings (SSSR count). The molecule has 0 radical (unpaired) electrons. The summed E-state index contributed by atoms with van der Waals surface area (Å²) in [5.74, 6) is 0.842. The lowest BCUT2D eigenvalue weighted by Crippen LogP contribution is -2.14. The summed E-state index contributed by atoms with van der Waals surface area (Å²) in [6.07, 6.45) is 0. The fourth-order valence-electron chi connectivity index (χ4n) is 2.61. The molecule has 0 aliphatic heterocycles. The van der Waals surface area contributed by atoms with Gasteiger partial charge < -0.3 is 14.0 Å². The first kappa shape index (κ1) is 18.5. The Kier molecular flexibility index (Phi) is 5.64. The first-order valence-electron chi connectivity index (χ1n) is 7.98. The van der Waals surface area contributed by atoms with Crippen LogP contribution in [0.1, 0.15) is 6.92 Å². The van der Waals surface area contributed by atoms with E-state index in [0.29, 0.717) is 22.2 Å². The molecule has 2 aromatic carbocycles. The van der Waals surface area contributed by atoms with Crippen molar-refractivity contribution in [3.63, 3.8) is 0 Å². The summed E-state index contributed by atoms with van der Waals surface area (Å²) in [7, 11) is 3.13. The van der Waals surface area contributed by atoms with Gasteiger partial charge in [-0.25, -0.2) is 9.38 Å². The minimum Gasteiger partial charge on any atom is -0.495 e. The predicted octanol–water partition coefficient (Wildman–Crippen LogP) is 5.28. The van der Waals surface area contributed by atoms with Gasteiger partial charge in [-0.2, -0.15) is 0 Å². The average molecular weight is 393 g/mol. The number of ether oxygens (including phenoxy) is 2. The Morgan fingerprint density at radius 3 is 2.42 bits per heavy atom. The van der Waals surface area contributed by atoms with Crippen LogP contribution in [0.3, 0.4) is 0 Å². The Morgan fingerprint density at radius 1 is 1.12 bits per heavy atom. The third-order valence-electron chi connectivity index (χ3n) is 3.92. The monoisotopic (exact) mass is 392 g/mol. The van der Waals surface area contributed by atoms with Gasteiger partial charge in [-0.1, -0.05) is 11.6 Å². The van der Waals surface area contributed by atoms with Gasteiger partial charge in [0.25, 0.3) is 0 Å². The number of aromatic nitrogens is 1. The molecule has 0 saturated heterocycles. The van der Waals surface area contributed by atoms with Crippen LogP contribution in [0.5, 0.6) is 11.5 Å². The van der Waals surface area contributed by atoms with Crippen LogP contribution in [0.15, 0.2) is 46.8 Å². The highest BCUT2D eigenvalue weighted by atomic mass is 35.5. The van der Waals surface area contributed by atoms with Crippen molar-refractivity contribution in [2.24, 2.45) is 4.99 Å². The van der Waals surface area contributed by atoms with Crippen molar-refractivity contribution < 1.29 is 13.9 Å². The molecule has 0 saturated carbocycles. The molecule has 1 heterocycles. The summed E-state index contributed by atoms with van der Waals surface area (Å²) in [5.41, 5.74) is 2.55. The van der Waals surface area contributed by atoms with Gasteiger partial charge >= 0.3 is 0 Å². The minimum absolute atomic E-state index is 0.255. The van der Waals surface area contributed by atoms with Crippen molar-refractivity contribution in [1.82, 2.24) is 4.57 Å². The molecule has 0 fully saturated rings. The van der Waals surface area contributed by atoms with Crippen LogP contribution in [-0.2, 0) is 6.54 Å². The van der Waals surface area contributed by atoms with Gasteiger partial charge in [0.05, 0.1) is 24.9 Å². The van der Waals surface area contributed by atoms with E-state index in [1.807, 2.05) is 12.3 Å². The van der Waals surface area contributed by atoms with E-state index in [9.17, 15) is 4.39 Å². The van der Waals surface area contributed by atoms with Crippen molar-refractivity contribution >= 4 is 28.6 Å². The Morgan fingerprint density at radius 2 is 1.81 bits per heavy atom. The molecule has 0 N–H and O–H groups in total. The third kappa shape index (κ3) is 3.61. The topological polar surface area (TPSA) is 35.8 Å². The standard InChI is InChI=1S/C19H18ClFN2O2S/c1-4-23-16(12-5-7-13(21)8-6-12)11-26-19(23)22-15-10-17(24-2)14(20)9-18(15)25-3/h5-11H,4H2,1-3H3. The van der Waals surface area contributed by atoms with E-state index in [2.05, 4.69) is 4.57 Å². The summed E-state index contributed by atoms with van der Waals surface area (Å²) in [4.78, 5) is 5.54. The Bertz CT molecular complexity index is 980. The predicted molar refractivity (Wildman–Crippen MR) is 103 cm³/mol. The quantitative estimate of drug-likeness (QED) is 0.592. The zero-order chi connectivity index (χ0) is 18.7. The van der Waals surface area contributed by atoms with Gasteiger partial charge in [0.2, 0.25) is 0 Å². The van der Waals surface area contributed by atoms with E-state index in [0.717, 1.165) is 22.6 Å². The maximum absolute atomic E-state index is 13.2. The van der Waals surface area contributed by atoms with E-state index in [1.54, 1.807) is 38.5 Å². The smallest absolute Gasteiger partial charge is 0.190 e. The summed E-state index contributed by atoms with van der Waals surface area (Å²) in [6, 6.07) is 9.87. The second-order valence-electron chi connectivity index (χ2n) is 5.43. The van der Waals surface area contributed by atoms with Crippen LogP contribution >= 0.6 is 22.9 Å². The zero-order valence-corrected chi connectivity index (χ0v) is 16.2. The van der Waals surface area contributed by atoms with Gasteiger partial charge in [0.1, 0.15) is 23.0 Å². The fraction of sp³-hybridized carbons (Fsp3) is 0.211. The lowest BCUT2D eigenvalue weighted by molar-refractivity contribution is 0.404. The molecule has 0 unspecified atom stereocenters. The second-order valence-corrected chi connectivity index (χ2v) is 6.67. The molecule has 0 bridgehead atoms. The van der Waals surface area contributed by atoms with Crippen LogP contribution in [0.2, 0.25) is 5.02 Å². The number of nitrogens with zero attached hydrogens (tertiary/aromatic N) is 2. The number of rotatable bonds is 5. The number of hydrogen-bond acceptors (Lipinski definition) is 4. The van der Waals surface area contributed by atoms with Crippen LogP contribution in [0.4, 0.5) is 10.1 Å². The molecule has 0 aliphatic carbocycles. The van der Waals surface area contributed by atoms with E-state index in [-0.39, 0.29) is 5.82 Å².